The molecule has 0 aliphatic heterocycles. The fourth-order valence-corrected chi connectivity index (χ4v) is 7.46. The number of allylic oxidation sites excluding steroid dienone is 2. The zero-order valence-electron chi connectivity index (χ0n) is 25.5. The van der Waals surface area contributed by atoms with Gasteiger partial charge < -0.3 is 9.47 Å². The van der Waals surface area contributed by atoms with E-state index in [4.69, 9.17) is 9.47 Å². The van der Waals surface area contributed by atoms with Gasteiger partial charge in [0.2, 0.25) is 0 Å². The summed E-state index contributed by atoms with van der Waals surface area (Å²) >= 11 is 0. The number of hydrogen-bond acceptors (Lipinski definition) is 4. The average Bonchev–Trinajstić information content (AvgIpc) is 3.02. The molecule has 0 spiro atoms. The van der Waals surface area contributed by atoms with Crippen LogP contribution < -0.4 is 9.47 Å². The normalized spacial score (nSPS) is 25.9. The summed E-state index contributed by atoms with van der Waals surface area (Å²) < 4.78 is 12.9. The second-order valence-corrected chi connectivity index (χ2v) is 12.5. The van der Waals surface area contributed by atoms with Crippen LogP contribution >= 0.6 is 0 Å². The summed E-state index contributed by atoms with van der Waals surface area (Å²) in [4.78, 5) is 27.3. The lowest BCUT2D eigenvalue weighted by Gasteiger charge is -2.58. The van der Waals surface area contributed by atoms with Gasteiger partial charge in [-0.1, -0.05) is 80.6 Å². The number of ether oxygens (including phenoxy) is 2. The Hall–Kier alpha value is -3.66. The van der Waals surface area contributed by atoms with Crippen molar-refractivity contribution in [2.24, 2.45) is 17.3 Å². The molecular weight excluding hydrogens is 520 g/mol. The lowest BCUT2D eigenvalue weighted by Crippen LogP contribution is -2.57. The highest BCUT2D eigenvalue weighted by Crippen LogP contribution is 2.62. The van der Waals surface area contributed by atoms with E-state index in [9.17, 15) is 9.59 Å². The van der Waals surface area contributed by atoms with E-state index >= 15 is 0 Å². The van der Waals surface area contributed by atoms with Crippen molar-refractivity contribution in [1.29, 1.82) is 0 Å². The molecule has 3 aromatic rings. The number of hydrogen-bond donors (Lipinski definition) is 0. The first kappa shape index (κ1) is 29.8. The molecule has 0 saturated heterocycles. The van der Waals surface area contributed by atoms with Gasteiger partial charge in [-0.25, -0.2) is 0 Å². The van der Waals surface area contributed by atoms with E-state index in [2.05, 4.69) is 44.2 Å². The number of fused-ring (bicyclic) bond motifs is 1. The van der Waals surface area contributed by atoms with Gasteiger partial charge in [0.15, 0.2) is 5.78 Å². The molecule has 2 fully saturated rings. The third kappa shape index (κ3) is 5.82. The van der Waals surface area contributed by atoms with Gasteiger partial charge in [0, 0.05) is 29.2 Å². The van der Waals surface area contributed by atoms with Crippen LogP contribution in [0.15, 0.2) is 90.5 Å². The van der Waals surface area contributed by atoms with E-state index in [0.29, 0.717) is 32.0 Å². The van der Waals surface area contributed by atoms with Crippen molar-refractivity contribution in [1.82, 2.24) is 0 Å². The van der Waals surface area contributed by atoms with Gasteiger partial charge in [-0.3, -0.25) is 9.59 Å². The minimum Gasteiger partial charge on any atom is -0.489 e. The molecule has 0 amide bonds. The Labute approximate surface area is 251 Å². The van der Waals surface area contributed by atoms with Gasteiger partial charge in [-0.15, -0.1) is 0 Å². The average molecular weight is 565 g/mol. The smallest absolute Gasteiger partial charge is 0.159 e. The molecule has 0 N–H and O–H groups in total. The number of rotatable bonds is 10. The maximum absolute atomic E-state index is 13.9. The van der Waals surface area contributed by atoms with Crippen LogP contribution in [0, 0.1) is 17.3 Å². The summed E-state index contributed by atoms with van der Waals surface area (Å²) in [5.74, 6) is 2.29. The SMILES string of the molecule is C/C=C(/C)C(=O)C[C@@]12CC[C@@H](C)[C@@](C)(c3cc(OCc4ccccc4)ccc3OCc3ccccc3)[C@@H]1CCCC2=O. The second kappa shape index (κ2) is 12.7. The van der Waals surface area contributed by atoms with Gasteiger partial charge in [0.1, 0.15) is 30.5 Å². The van der Waals surface area contributed by atoms with Crippen LogP contribution in [0.4, 0.5) is 0 Å². The molecule has 3 aromatic carbocycles. The Morgan fingerprint density at radius 3 is 2.21 bits per heavy atom. The quantitative estimate of drug-likeness (QED) is 0.231. The molecular formula is C38H44O4. The Bertz CT molecular complexity index is 1430. The predicted molar refractivity (Wildman–Crippen MR) is 168 cm³/mol. The van der Waals surface area contributed by atoms with E-state index in [1.54, 1.807) is 0 Å². The van der Waals surface area contributed by atoms with Gasteiger partial charge in [0.25, 0.3) is 0 Å². The Morgan fingerprint density at radius 1 is 0.929 bits per heavy atom. The van der Waals surface area contributed by atoms with Crippen molar-refractivity contribution in [3.05, 3.63) is 107 Å². The number of carbonyl (C=O) groups is 2. The Kier molecular flexibility index (Phi) is 9.01. The van der Waals surface area contributed by atoms with Gasteiger partial charge in [0.05, 0.1) is 0 Å². The number of ketones is 2. The van der Waals surface area contributed by atoms with E-state index in [0.717, 1.165) is 59.4 Å². The first-order chi connectivity index (χ1) is 20.3. The largest absolute Gasteiger partial charge is 0.489 e. The zero-order valence-corrected chi connectivity index (χ0v) is 25.5. The van der Waals surface area contributed by atoms with E-state index in [1.165, 1.54) is 0 Å². The summed E-state index contributed by atoms with van der Waals surface area (Å²) in [7, 11) is 0. The summed E-state index contributed by atoms with van der Waals surface area (Å²) in [6.07, 6.45) is 6.14. The summed E-state index contributed by atoms with van der Waals surface area (Å²) in [6, 6.07) is 26.5. The summed E-state index contributed by atoms with van der Waals surface area (Å²) in [6.45, 7) is 9.31. The molecule has 0 unspecified atom stereocenters. The van der Waals surface area contributed by atoms with Crippen LogP contribution in [0.5, 0.6) is 11.5 Å². The zero-order chi connectivity index (χ0) is 29.7. The molecule has 0 bridgehead atoms. The van der Waals surface area contributed by atoms with E-state index in [1.807, 2.05) is 68.5 Å². The second-order valence-electron chi connectivity index (χ2n) is 12.5. The van der Waals surface area contributed by atoms with Crippen molar-refractivity contribution in [3.63, 3.8) is 0 Å². The topological polar surface area (TPSA) is 52.6 Å². The summed E-state index contributed by atoms with van der Waals surface area (Å²) in [5, 5.41) is 0. The maximum Gasteiger partial charge on any atom is 0.159 e. The lowest BCUT2D eigenvalue weighted by atomic mass is 9.44. The number of carbonyl (C=O) groups excluding carboxylic acids is 2. The van der Waals surface area contributed by atoms with Crippen LogP contribution in [0.1, 0.15) is 82.9 Å². The molecule has 0 aromatic heterocycles. The fraction of sp³-hybridized carbons (Fsp3) is 0.421. The predicted octanol–water partition coefficient (Wildman–Crippen LogP) is 8.81. The molecule has 220 valence electrons. The van der Waals surface area contributed by atoms with Crippen molar-refractivity contribution < 1.29 is 19.1 Å². The van der Waals surface area contributed by atoms with Crippen LogP contribution in [0.2, 0.25) is 0 Å². The number of Topliss-reactive ketones (excluding diaryl/α,β-unsaturated/α-hetero) is 2. The highest BCUT2D eigenvalue weighted by atomic mass is 16.5. The van der Waals surface area contributed by atoms with Crippen LogP contribution in [0.3, 0.4) is 0 Å². The van der Waals surface area contributed by atoms with Crippen molar-refractivity contribution in [2.45, 2.75) is 84.8 Å². The standard InChI is InChI=1S/C38H44O4/c1-5-27(2)33(39)24-38-22-21-28(3)37(4,35(38)17-12-18-36(38)40)32-23-31(41-25-29-13-8-6-9-14-29)19-20-34(32)42-26-30-15-10-7-11-16-30/h5-11,13-16,19-20,23,28,35H,12,17-18,21-22,24-26H2,1-4H3/b27-5-/t28-,35+,37+,38+/m1/s1. The first-order valence-corrected chi connectivity index (χ1v) is 15.5. The van der Waals surface area contributed by atoms with Crippen molar-refractivity contribution in [3.8, 4) is 11.5 Å². The van der Waals surface area contributed by atoms with Crippen molar-refractivity contribution >= 4 is 11.6 Å². The first-order valence-electron chi connectivity index (χ1n) is 15.5. The van der Waals surface area contributed by atoms with Gasteiger partial charge in [-0.2, -0.15) is 0 Å². The molecule has 42 heavy (non-hydrogen) atoms. The summed E-state index contributed by atoms with van der Waals surface area (Å²) in [5.41, 5.74) is 3.00. The number of benzene rings is 3. The van der Waals surface area contributed by atoms with E-state index in [-0.39, 0.29) is 22.9 Å². The lowest BCUT2D eigenvalue weighted by molar-refractivity contribution is -0.149. The van der Waals surface area contributed by atoms with Gasteiger partial charge in [-0.05, 0) is 86.3 Å². The fourth-order valence-electron chi connectivity index (χ4n) is 7.46. The Morgan fingerprint density at radius 2 is 1.57 bits per heavy atom. The molecule has 0 heterocycles. The molecule has 2 aliphatic carbocycles. The molecule has 4 heteroatoms. The minimum absolute atomic E-state index is 0.0343. The third-order valence-electron chi connectivity index (χ3n) is 10.3. The monoisotopic (exact) mass is 564 g/mol. The highest BCUT2D eigenvalue weighted by molar-refractivity contribution is 5.99. The molecule has 4 nitrogen and oxygen atoms in total. The van der Waals surface area contributed by atoms with E-state index < -0.39 is 5.41 Å². The van der Waals surface area contributed by atoms with Gasteiger partial charge >= 0.3 is 0 Å². The third-order valence-corrected chi connectivity index (χ3v) is 10.3. The van der Waals surface area contributed by atoms with Crippen LogP contribution in [-0.4, -0.2) is 11.6 Å². The molecule has 2 aliphatic rings. The Balaban J connectivity index is 1.57. The molecule has 0 radical (unpaired) electrons. The molecule has 5 rings (SSSR count). The van der Waals surface area contributed by atoms with Crippen LogP contribution in [0.25, 0.3) is 0 Å². The highest BCUT2D eigenvalue weighted by Gasteiger charge is 2.60. The minimum atomic E-state index is -0.654. The van der Waals surface area contributed by atoms with Crippen molar-refractivity contribution in [2.75, 3.05) is 0 Å². The molecule has 4 atom stereocenters. The van der Waals surface area contributed by atoms with Crippen LogP contribution in [-0.2, 0) is 28.2 Å². The maximum atomic E-state index is 13.9. The molecule has 2 saturated carbocycles.